The normalized spacial score (nSPS) is 12.3. The van der Waals surface area contributed by atoms with E-state index in [4.69, 9.17) is 5.11 Å². The second kappa shape index (κ2) is 7.59. The number of hydrogen-bond donors (Lipinski definition) is 1. The molecule has 0 radical (unpaired) electrons. The number of carbonyl (C=O) groups is 1. The molecule has 0 aliphatic carbocycles. The Morgan fingerprint density at radius 3 is 2.54 bits per heavy atom. The zero-order valence-electron chi connectivity index (χ0n) is 8.42. The van der Waals surface area contributed by atoms with Crippen LogP contribution >= 0.6 is 0 Å². The van der Waals surface area contributed by atoms with Crippen LogP contribution in [0.2, 0.25) is 0 Å². The van der Waals surface area contributed by atoms with E-state index >= 15 is 0 Å². The van der Waals surface area contributed by atoms with Gasteiger partial charge >= 0.3 is 5.97 Å². The van der Waals surface area contributed by atoms with E-state index in [-0.39, 0.29) is 0 Å². The van der Waals surface area contributed by atoms with Crippen molar-refractivity contribution in [3.63, 3.8) is 0 Å². The standard InChI is InChI=1S/C11H18O2/c1-3-5-7-9-10(11(12)13)8-6-4-2/h4,6,8H,3,5,7,9H2,1-2H3,(H,12,13). The number of carboxylic acid groups (broad SMARTS) is 1. The molecular formula is C11H18O2. The van der Waals surface area contributed by atoms with Gasteiger partial charge < -0.3 is 5.11 Å². The minimum absolute atomic E-state index is 0.506. The van der Waals surface area contributed by atoms with E-state index in [1.165, 1.54) is 0 Å². The lowest BCUT2D eigenvalue weighted by atomic mass is 10.1. The second-order valence-corrected chi connectivity index (χ2v) is 2.98. The fraction of sp³-hybridized carbons (Fsp3) is 0.545. The van der Waals surface area contributed by atoms with Crippen molar-refractivity contribution >= 4 is 5.97 Å². The Hall–Kier alpha value is -1.05. The van der Waals surface area contributed by atoms with Crippen LogP contribution in [-0.4, -0.2) is 11.1 Å². The van der Waals surface area contributed by atoms with Crippen LogP contribution in [0.4, 0.5) is 0 Å². The number of hydrogen-bond acceptors (Lipinski definition) is 1. The lowest BCUT2D eigenvalue weighted by Crippen LogP contribution is -2.00. The van der Waals surface area contributed by atoms with Gasteiger partial charge in [-0.2, -0.15) is 0 Å². The summed E-state index contributed by atoms with van der Waals surface area (Å²) in [5.74, 6) is -0.797. The SMILES string of the molecule is CC=CC=C(CCCCC)C(=O)O. The van der Waals surface area contributed by atoms with E-state index in [0.29, 0.717) is 12.0 Å². The van der Waals surface area contributed by atoms with Gasteiger partial charge in [0.25, 0.3) is 0 Å². The monoisotopic (exact) mass is 182 g/mol. The summed E-state index contributed by atoms with van der Waals surface area (Å²) >= 11 is 0. The maximum Gasteiger partial charge on any atom is 0.331 e. The van der Waals surface area contributed by atoms with Gasteiger partial charge in [0.2, 0.25) is 0 Å². The molecule has 0 aliphatic rings. The summed E-state index contributed by atoms with van der Waals surface area (Å²) in [7, 11) is 0. The molecule has 13 heavy (non-hydrogen) atoms. The van der Waals surface area contributed by atoms with Gasteiger partial charge in [0.1, 0.15) is 0 Å². The van der Waals surface area contributed by atoms with Gasteiger partial charge in [-0.3, -0.25) is 0 Å². The van der Waals surface area contributed by atoms with Gasteiger partial charge in [0, 0.05) is 5.57 Å². The van der Waals surface area contributed by atoms with Crippen LogP contribution in [0.3, 0.4) is 0 Å². The Morgan fingerprint density at radius 2 is 2.08 bits per heavy atom. The maximum absolute atomic E-state index is 10.7. The molecule has 2 nitrogen and oxygen atoms in total. The number of unbranched alkanes of at least 4 members (excludes halogenated alkanes) is 2. The lowest BCUT2D eigenvalue weighted by molar-refractivity contribution is -0.132. The molecule has 0 saturated heterocycles. The molecule has 0 aliphatic heterocycles. The van der Waals surface area contributed by atoms with Gasteiger partial charge in [0.05, 0.1) is 0 Å². The first kappa shape index (κ1) is 11.9. The Morgan fingerprint density at radius 1 is 1.38 bits per heavy atom. The van der Waals surface area contributed by atoms with Crippen LogP contribution in [0, 0.1) is 0 Å². The van der Waals surface area contributed by atoms with Gasteiger partial charge in [-0.1, -0.05) is 38.0 Å². The first-order chi connectivity index (χ1) is 6.22. The number of rotatable bonds is 6. The molecule has 0 aromatic heterocycles. The molecular weight excluding hydrogens is 164 g/mol. The van der Waals surface area contributed by atoms with Crippen molar-refractivity contribution in [3.05, 3.63) is 23.8 Å². The van der Waals surface area contributed by atoms with Gasteiger partial charge in [-0.25, -0.2) is 4.79 Å². The van der Waals surface area contributed by atoms with Crippen molar-refractivity contribution in [2.45, 2.75) is 39.5 Å². The van der Waals surface area contributed by atoms with Crippen molar-refractivity contribution in [2.24, 2.45) is 0 Å². The third kappa shape index (κ3) is 6.14. The zero-order valence-corrected chi connectivity index (χ0v) is 8.42. The van der Waals surface area contributed by atoms with E-state index in [0.717, 1.165) is 19.3 Å². The Labute approximate surface area is 80.0 Å². The summed E-state index contributed by atoms with van der Waals surface area (Å²) in [5, 5.41) is 8.80. The fourth-order valence-electron chi connectivity index (χ4n) is 1.04. The van der Waals surface area contributed by atoms with E-state index in [2.05, 4.69) is 6.92 Å². The summed E-state index contributed by atoms with van der Waals surface area (Å²) in [5.41, 5.74) is 0.506. The quantitative estimate of drug-likeness (QED) is 0.389. The molecule has 0 heterocycles. The summed E-state index contributed by atoms with van der Waals surface area (Å²) in [6.07, 6.45) is 9.15. The van der Waals surface area contributed by atoms with Crippen LogP contribution in [0.1, 0.15) is 39.5 Å². The van der Waals surface area contributed by atoms with E-state index in [1.54, 1.807) is 12.2 Å². The van der Waals surface area contributed by atoms with E-state index in [1.807, 2.05) is 13.0 Å². The Balaban J connectivity index is 4.03. The molecule has 0 fully saturated rings. The summed E-state index contributed by atoms with van der Waals surface area (Å²) in [6, 6.07) is 0. The first-order valence-corrected chi connectivity index (χ1v) is 4.77. The average molecular weight is 182 g/mol. The number of allylic oxidation sites excluding steroid dienone is 3. The number of aliphatic carboxylic acids is 1. The molecule has 74 valence electrons. The molecule has 0 saturated carbocycles. The molecule has 0 aromatic rings. The molecule has 0 amide bonds. The molecule has 0 atom stereocenters. The first-order valence-electron chi connectivity index (χ1n) is 4.77. The molecule has 0 bridgehead atoms. The Kier molecular flexibility index (Phi) is 6.98. The predicted octanol–water partition coefficient (Wildman–Crippen LogP) is 3.15. The zero-order chi connectivity index (χ0) is 10.1. The van der Waals surface area contributed by atoms with Crippen molar-refractivity contribution in [1.29, 1.82) is 0 Å². The van der Waals surface area contributed by atoms with Crippen LogP contribution in [0.25, 0.3) is 0 Å². The van der Waals surface area contributed by atoms with Gasteiger partial charge in [-0.05, 0) is 19.8 Å². The average Bonchev–Trinajstić information content (AvgIpc) is 2.10. The highest BCUT2D eigenvalue weighted by molar-refractivity contribution is 5.86. The molecule has 1 N–H and O–H groups in total. The molecule has 2 heteroatoms. The molecule has 0 aromatic carbocycles. The van der Waals surface area contributed by atoms with Crippen LogP contribution < -0.4 is 0 Å². The van der Waals surface area contributed by atoms with Crippen LogP contribution in [0.15, 0.2) is 23.8 Å². The molecule has 0 spiro atoms. The highest BCUT2D eigenvalue weighted by Crippen LogP contribution is 2.09. The minimum atomic E-state index is -0.797. The molecule has 0 unspecified atom stereocenters. The fourth-order valence-corrected chi connectivity index (χ4v) is 1.04. The van der Waals surface area contributed by atoms with Gasteiger partial charge in [0.15, 0.2) is 0 Å². The minimum Gasteiger partial charge on any atom is -0.478 e. The number of carboxylic acids is 1. The predicted molar refractivity (Wildman–Crippen MR) is 54.7 cm³/mol. The molecule has 0 rings (SSSR count). The van der Waals surface area contributed by atoms with Gasteiger partial charge in [-0.15, -0.1) is 0 Å². The van der Waals surface area contributed by atoms with Crippen molar-refractivity contribution in [3.8, 4) is 0 Å². The van der Waals surface area contributed by atoms with Crippen LogP contribution in [0.5, 0.6) is 0 Å². The lowest BCUT2D eigenvalue weighted by Gasteiger charge is -1.99. The summed E-state index contributed by atoms with van der Waals surface area (Å²) in [4.78, 5) is 10.7. The third-order valence-corrected chi connectivity index (χ3v) is 1.81. The second-order valence-electron chi connectivity index (χ2n) is 2.98. The summed E-state index contributed by atoms with van der Waals surface area (Å²) < 4.78 is 0. The van der Waals surface area contributed by atoms with Crippen LogP contribution in [-0.2, 0) is 4.79 Å². The van der Waals surface area contributed by atoms with Crippen molar-refractivity contribution in [2.75, 3.05) is 0 Å². The third-order valence-electron chi connectivity index (χ3n) is 1.81. The topological polar surface area (TPSA) is 37.3 Å². The summed E-state index contributed by atoms with van der Waals surface area (Å²) in [6.45, 7) is 3.98. The largest absolute Gasteiger partial charge is 0.478 e. The van der Waals surface area contributed by atoms with E-state index < -0.39 is 5.97 Å². The Bertz CT molecular complexity index is 202. The maximum atomic E-state index is 10.7. The van der Waals surface area contributed by atoms with Crippen molar-refractivity contribution < 1.29 is 9.90 Å². The highest BCUT2D eigenvalue weighted by atomic mass is 16.4. The smallest absolute Gasteiger partial charge is 0.331 e. The van der Waals surface area contributed by atoms with Crippen molar-refractivity contribution in [1.82, 2.24) is 0 Å². The highest BCUT2D eigenvalue weighted by Gasteiger charge is 2.04. The van der Waals surface area contributed by atoms with E-state index in [9.17, 15) is 4.79 Å².